The van der Waals surface area contributed by atoms with Crippen molar-refractivity contribution in [3.8, 4) is 0 Å². The number of nitrogens with zero attached hydrogens (tertiary/aromatic N) is 2. The summed E-state index contributed by atoms with van der Waals surface area (Å²) in [5, 5.41) is 8.12. The van der Waals surface area contributed by atoms with Crippen LogP contribution in [0.4, 0.5) is 0 Å². The van der Waals surface area contributed by atoms with E-state index in [-0.39, 0.29) is 0 Å². The molecule has 2 atom stereocenters. The largest absolute Gasteiger partial charge is 0.330 e. The van der Waals surface area contributed by atoms with Gasteiger partial charge in [0.15, 0.2) is 0 Å². The van der Waals surface area contributed by atoms with Crippen molar-refractivity contribution < 1.29 is 0 Å². The van der Waals surface area contributed by atoms with Crippen LogP contribution in [-0.2, 0) is 20.0 Å². The van der Waals surface area contributed by atoms with Gasteiger partial charge >= 0.3 is 0 Å². The summed E-state index contributed by atoms with van der Waals surface area (Å²) in [7, 11) is 1.99. The first kappa shape index (κ1) is 12.6. The summed E-state index contributed by atoms with van der Waals surface area (Å²) in [6, 6.07) is 0.602. The Labute approximate surface area is 104 Å². The van der Waals surface area contributed by atoms with Crippen LogP contribution in [0.2, 0.25) is 0 Å². The molecule has 2 rings (SSSR count). The Morgan fingerprint density at radius 3 is 3.06 bits per heavy atom. The second-order valence-electron chi connectivity index (χ2n) is 5.04. The van der Waals surface area contributed by atoms with Gasteiger partial charge in [0.1, 0.15) is 0 Å². The van der Waals surface area contributed by atoms with Gasteiger partial charge in [-0.15, -0.1) is 0 Å². The predicted molar refractivity (Wildman–Crippen MR) is 69.6 cm³/mol. The second kappa shape index (κ2) is 5.65. The molecule has 2 unspecified atom stereocenters. The van der Waals surface area contributed by atoms with E-state index < -0.39 is 0 Å². The van der Waals surface area contributed by atoms with Gasteiger partial charge in [-0.1, -0.05) is 13.3 Å². The Kier molecular flexibility index (Phi) is 4.18. The van der Waals surface area contributed by atoms with Crippen LogP contribution < -0.4 is 11.1 Å². The smallest absolute Gasteiger partial charge is 0.0666 e. The third-order valence-electron chi connectivity index (χ3n) is 3.84. The average Bonchev–Trinajstić information content (AvgIpc) is 2.91. The molecule has 4 nitrogen and oxygen atoms in total. The molecule has 0 spiro atoms. The summed E-state index contributed by atoms with van der Waals surface area (Å²) in [6.45, 7) is 3.90. The second-order valence-corrected chi connectivity index (χ2v) is 5.04. The zero-order valence-corrected chi connectivity index (χ0v) is 10.9. The summed E-state index contributed by atoms with van der Waals surface area (Å²) in [6.07, 6.45) is 6.99. The number of aromatic nitrogens is 2. The standard InChI is InChI=1S/C13H24N4/c1-3-12-11(9-17(2)16-12)8-15-13-6-4-5-10(13)7-14/h9-10,13,15H,3-8,14H2,1-2H3. The molecule has 1 aromatic rings. The zero-order chi connectivity index (χ0) is 12.3. The van der Waals surface area contributed by atoms with Crippen LogP contribution in [0.1, 0.15) is 37.4 Å². The van der Waals surface area contributed by atoms with Crippen molar-refractivity contribution in [3.05, 3.63) is 17.5 Å². The van der Waals surface area contributed by atoms with E-state index >= 15 is 0 Å². The Bertz CT molecular complexity index is 358. The van der Waals surface area contributed by atoms with Gasteiger partial charge in [0.05, 0.1) is 5.69 Å². The van der Waals surface area contributed by atoms with Gasteiger partial charge in [0, 0.05) is 31.4 Å². The lowest BCUT2D eigenvalue weighted by Crippen LogP contribution is -2.35. The minimum atomic E-state index is 0.602. The van der Waals surface area contributed by atoms with E-state index in [0.717, 1.165) is 19.5 Å². The summed E-state index contributed by atoms with van der Waals surface area (Å²) >= 11 is 0. The highest BCUT2D eigenvalue weighted by Crippen LogP contribution is 2.25. The van der Waals surface area contributed by atoms with Crippen LogP contribution in [0.25, 0.3) is 0 Å². The van der Waals surface area contributed by atoms with Crippen molar-refractivity contribution in [2.75, 3.05) is 6.54 Å². The first-order valence-corrected chi connectivity index (χ1v) is 6.69. The van der Waals surface area contributed by atoms with Gasteiger partial charge in [-0.2, -0.15) is 5.10 Å². The fourth-order valence-corrected chi connectivity index (χ4v) is 2.86. The van der Waals surface area contributed by atoms with E-state index in [1.807, 2.05) is 11.7 Å². The van der Waals surface area contributed by atoms with Crippen molar-refractivity contribution >= 4 is 0 Å². The van der Waals surface area contributed by atoms with Crippen LogP contribution >= 0.6 is 0 Å². The van der Waals surface area contributed by atoms with Gasteiger partial charge in [-0.05, 0) is 31.7 Å². The molecule has 1 aliphatic carbocycles. The molecule has 3 N–H and O–H groups in total. The van der Waals surface area contributed by atoms with Crippen molar-refractivity contribution in [3.63, 3.8) is 0 Å². The minimum absolute atomic E-state index is 0.602. The third kappa shape index (κ3) is 2.87. The molecular weight excluding hydrogens is 212 g/mol. The number of hydrogen-bond donors (Lipinski definition) is 2. The zero-order valence-electron chi connectivity index (χ0n) is 10.9. The Morgan fingerprint density at radius 1 is 1.53 bits per heavy atom. The van der Waals surface area contributed by atoms with Crippen molar-refractivity contribution in [2.45, 2.75) is 45.2 Å². The van der Waals surface area contributed by atoms with Gasteiger partial charge in [0.2, 0.25) is 0 Å². The van der Waals surface area contributed by atoms with Gasteiger partial charge in [-0.25, -0.2) is 0 Å². The normalized spacial score (nSPS) is 24.4. The Hall–Kier alpha value is -0.870. The molecule has 0 bridgehead atoms. The molecule has 0 aromatic carbocycles. The number of nitrogens with one attached hydrogen (secondary N) is 1. The summed E-state index contributed by atoms with van der Waals surface area (Å²) in [5.41, 5.74) is 8.34. The molecule has 1 fully saturated rings. The highest BCUT2D eigenvalue weighted by molar-refractivity contribution is 5.16. The number of rotatable bonds is 5. The third-order valence-corrected chi connectivity index (χ3v) is 3.84. The molecule has 1 saturated carbocycles. The maximum absolute atomic E-state index is 5.80. The van der Waals surface area contributed by atoms with Gasteiger partial charge in [-0.3, -0.25) is 4.68 Å². The van der Waals surface area contributed by atoms with Crippen LogP contribution in [0.15, 0.2) is 6.20 Å². The Morgan fingerprint density at radius 2 is 2.35 bits per heavy atom. The van der Waals surface area contributed by atoms with Crippen LogP contribution in [0, 0.1) is 5.92 Å². The maximum atomic E-state index is 5.80. The van der Waals surface area contributed by atoms with Crippen molar-refractivity contribution in [1.82, 2.24) is 15.1 Å². The van der Waals surface area contributed by atoms with Crippen molar-refractivity contribution in [1.29, 1.82) is 0 Å². The van der Waals surface area contributed by atoms with Crippen molar-refractivity contribution in [2.24, 2.45) is 18.7 Å². The summed E-state index contributed by atoms with van der Waals surface area (Å²) in [5.74, 6) is 0.664. The molecular formula is C13H24N4. The first-order valence-electron chi connectivity index (χ1n) is 6.69. The lowest BCUT2D eigenvalue weighted by molar-refractivity contribution is 0.406. The SMILES string of the molecule is CCc1nn(C)cc1CNC1CCCC1CN. The van der Waals surface area contributed by atoms with E-state index in [0.29, 0.717) is 12.0 Å². The highest BCUT2D eigenvalue weighted by atomic mass is 15.3. The lowest BCUT2D eigenvalue weighted by Gasteiger charge is -2.19. The minimum Gasteiger partial charge on any atom is -0.330 e. The lowest BCUT2D eigenvalue weighted by atomic mass is 10.0. The summed E-state index contributed by atoms with van der Waals surface area (Å²) in [4.78, 5) is 0. The topological polar surface area (TPSA) is 55.9 Å². The average molecular weight is 236 g/mol. The molecule has 0 radical (unpaired) electrons. The predicted octanol–water partition coefficient (Wildman–Crippen LogP) is 1.20. The Balaban J connectivity index is 1.92. The molecule has 1 aliphatic rings. The molecule has 0 saturated heterocycles. The van der Waals surface area contributed by atoms with Gasteiger partial charge < -0.3 is 11.1 Å². The van der Waals surface area contributed by atoms with E-state index in [1.54, 1.807) is 0 Å². The van der Waals surface area contributed by atoms with E-state index in [2.05, 4.69) is 23.5 Å². The fraction of sp³-hybridized carbons (Fsp3) is 0.769. The quantitative estimate of drug-likeness (QED) is 0.807. The number of nitrogens with two attached hydrogens (primary N) is 1. The molecule has 1 heterocycles. The van der Waals surface area contributed by atoms with E-state index in [9.17, 15) is 0 Å². The molecule has 0 aliphatic heterocycles. The monoisotopic (exact) mass is 236 g/mol. The van der Waals surface area contributed by atoms with Gasteiger partial charge in [0.25, 0.3) is 0 Å². The first-order chi connectivity index (χ1) is 8.24. The number of hydrogen-bond acceptors (Lipinski definition) is 3. The fourth-order valence-electron chi connectivity index (χ4n) is 2.86. The van der Waals surface area contributed by atoms with E-state index in [1.165, 1.54) is 30.5 Å². The van der Waals surface area contributed by atoms with Crippen LogP contribution in [0.5, 0.6) is 0 Å². The maximum Gasteiger partial charge on any atom is 0.0666 e. The molecule has 17 heavy (non-hydrogen) atoms. The molecule has 4 heteroatoms. The molecule has 1 aromatic heterocycles. The number of aryl methyl sites for hydroxylation is 2. The molecule has 0 amide bonds. The van der Waals surface area contributed by atoms with Crippen LogP contribution in [-0.4, -0.2) is 22.4 Å². The highest BCUT2D eigenvalue weighted by Gasteiger charge is 2.25. The van der Waals surface area contributed by atoms with Crippen LogP contribution in [0.3, 0.4) is 0 Å². The summed E-state index contributed by atoms with van der Waals surface area (Å²) < 4.78 is 1.91. The van der Waals surface area contributed by atoms with E-state index in [4.69, 9.17) is 5.73 Å². The molecule has 96 valence electrons.